The van der Waals surface area contributed by atoms with E-state index in [1.165, 1.54) is 0 Å². The first kappa shape index (κ1) is 7.77. The molecule has 0 aromatic heterocycles. The molecule has 2 nitrogen and oxygen atoms in total. The van der Waals surface area contributed by atoms with Gasteiger partial charge in [0.2, 0.25) is 0 Å². The lowest BCUT2D eigenvalue weighted by atomic mass is 10.0. The van der Waals surface area contributed by atoms with Crippen LogP contribution in [0.15, 0.2) is 30.3 Å². The average molecular weight is 164 g/mol. The molecule has 12 heavy (non-hydrogen) atoms. The lowest BCUT2D eigenvalue weighted by Gasteiger charge is -1.99. The summed E-state index contributed by atoms with van der Waals surface area (Å²) >= 11 is 0. The minimum absolute atomic E-state index is 0.0868. The van der Waals surface area contributed by atoms with Gasteiger partial charge in [0, 0.05) is 0 Å². The minimum atomic E-state index is -0.332. The first-order valence-electron chi connectivity index (χ1n) is 4.10. The third-order valence-corrected chi connectivity index (χ3v) is 2.30. The lowest BCUT2D eigenvalue weighted by molar-refractivity contribution is 0.184. The molecule has 1 aromatic carbocycles. The molecule has 0 bridgehead atoms. The minimum Gasteiger partial charge on any atom is -0.393 e. The molecule has 1 saturated heterocycles. The molecule has 0 aliphatic carbocycles. The number of hydrogen-bond acceptors (Lipinski definition) is 2. The molecule has 1 aliphatic heterocycles. The largest absolute Gasteiger partial charge is 0.393 e. The van der Waals surface area contributed by atoms with Gasteiger partial charge < -0.3 is 9.84 Å². The van der Waals surface area contributed by atoms with Gasteiger partial charge in [-0.3, -0.25) is 0 Å². The van der Waals surface area contributed by atoms with E-state index in [0.717, 1.165) is 5.56 Å². The highest BCUT2D eigenvalue weighted by molar-refractivity contribution is 5.25. The van der Waals surface area contributed by atoms with E-state index in [9.17, 15) is 0 Å². The Hall–Kier alpha value is -0.860. The Labute approximate surface area is 71.8 Å². The fraction of sp³-hybridized carbons (Fsp3) is 0.400. The van der Waals surface area contributed by atoms with Crippen LogP contribution in [0.2, 0.25) is 0 Å². The van der Waals surface area contributed by atoms with E-state index in [-0.39, 0.29) is 18.3 Å². The second kappa shape index (κ2) is 2.57. The van der Waals surface area contributed by atoms with Crippen molar-refractivity contribution in [1.82, 2.24) is 0 Å². The van der Waals surface area contributed by atoms with Gasteiger partial charge in [0.15, 0.2) is 0 Å². The van der Waals surface area contributed by atoms with Gasteiger partial charge in [-0.1, -0.05) is 30.3 Å². The Morgan fingerprint density at radius 3 is 2.58 bits per heavy atom. The molecular formula is C10H12O2. The van der Waals surface area contributed by atoms with E-state index in [1.807, 2.05) is 37.3 Å². The summed E-state index contributed by atoms with van der Waals surface area (Å²) < 4.78 is 5.39. The molecule has 1 aromatic rings. The van der Waals surface area contributed by atoms with E-state index in [2.05, 4.69) is 0 Å². The summed E-state index contributed by atoms with van der Waals surface area (Å²) in [5.74, 6) is 0. The Morgan fingerprint density at radius 2 is 2.08 bits per heavy atom. The third-order valence-electron chi connectivity index (χ3n) is 2.30. The smallest absolute Gasteiger partial charge is 0.120 e. The van der Waals surface area contributed by atoms with Gasteiger partial charge in [0.25, 0.3) is 0 Å². The van der Waals surface area contributed by atoms with E-state index < -0.39 is 0 Å². The molecule has 64 valence electrons. The van der Waals surface area contributed by atoms with Crippen molar-refractivity contribution in [3.05, 3.63) is 35.9 Å². The molecule has 0 saturated carbocycles. The van der Waals surface area contributed by atoms with Crippen LogP contribution in [0.25, 0.3) is 0 Å². The summed E-state index contributed by atoms with van der Waals surface area (Å²) in [7, 11) is 0. The zero-order valence-electron chi connectivity index (χ0n) is 7.03. The number of ether oxygens (including phenoxy) is 1. The van der Waals surface area contributed by atoms with Gasteiger partial charge in [-0.05, 0) is 12.5 Å². The maximum atomic E-state index is 8.97. The quantitative estimate of drug-likeness (QED) is 0.672. The Kier molecular flexibility index (Phi) is 1.67. The molecule has 0 amide bonds. The highest BCUT2D eigenvalue weighted by atomic mass is 16.6. The maximum absolute atomic E-state index is 8.97. The van der Waals surface area contributed by atoms with Gasteiger partial charge in [-0.2, -0.15) is 0 Å². The molecule has 0 spiro atoms. The van der Waals surface area contributed by atoms with Crippen molar-refractivity contribution in [3.8, 4) is 0 Å². The Bertz CT molecular complexity index is 270. The molecule has 2 heteroatoms. The second-order valence-corrected chi connectivity index (χ2v) is 3.38. The molecule has 1 aliphatic rings. The highest BCUT2D eigenvalue weighted by Crippen LogP contribution is 2.48. The van der Waals surface area contributed by atoms with Crippen LogP contribution in [0, 0.1) is 0 Å². The van der Waals surface area contributed by atoms with Gasteiger partial charge >= 0.3 is 0 Å². The molecule has 1 heterocycles. The third kappa shape index (κ3) is 1.13. The average Bonchev–Trinajstić information content (AvgIpc) is 2.81. The number of hydrogen-bond donors (Lipinski definition) is 1. The van der Waals surface area contributed by atoms with Crippen molar-refractivity contribution >= 4 is 0 Å². The van der Waals surface area contributed by atoms with Crippen molar-refractivity contribution < 1.29 is 9.84 Å². The lowest BCUT2D eigenvalue weighted by Crippen LogP contribution is -2.11. The van der Waals surface area contributed by atoms with Crippen molar-refractivity contribution in [3.63, 3.8) is 0 Å². The fourth-order valence-corrected chi connectivity index (χ4v) is 1.40. The summed E-state index contributed by atoms with van der Waals surface area (Å²) in [6, 6.07) is 9.98. The summed E-state index contributed by atoms with van der Waals surface area (Å²) in [5.41, 5.74) is 0.815. The van der Waals surface area contributed by atoms with E-state index >= 15 is 0 Å². The highest BCUT2D eigenvalue weighted by Gasteiger charge is 2.52. The number of aliphatic hydroxyl groups is 1. The van der Waals surface area contributed by atoms with Gasteiger partial charge in [0.1, 0.15) is 11.7 Å². The molecule has 1 fully saturated rings. The van der Waals surface area contributed by atoms with Crippen LogP contribution < -0.4 is 0 Å². The first-order chi connectivity index (χ1) is 5.76. The van der Waals surface area contributed by atoms with Crippen LogP contribution in [0.1, 0.15) is 18.6 Å². The topological polar surface area (TPSA) is 32.8 Å². The van der Waals surface area contributed by atoms with Gasteiger partial charge in [-0.25, -0.2) is 0 Å². The number of epoxide rings is 1. The maximum Gasteiger partial charge on any atom is 0.120 e. The van der Waals surface area contributed by atoms with Gasteiger partial charge in [-0.15, -0.1) is 0 Å². The van der Waals surface area contributed by atoms with E-state index in [4.69, 9.17) is 9.84 Å². The zero-order valence-corrected chi connectivity index (χ0v) is 7.03. The molecule has 2 atom stereocenters. The molecule has 1 N–H and O–H groups in total. The van der Waals surface area contributed by atoms with Crippen molar-refractivity contribution in [2.75, 3.05) is 6.61 Å². The van der Waals surface area contributed by atoms with Gasteiger partial charge in [0.05, 0.1) is 6.61 Å². The zero-order chi connectivity index (χ0) is 8.60. The number of aliphatic hydroxyl groups excluding tert-OH is 1. The van der Waals surface area contributed by atoms with Crippen LogP contribution >= 0.6 is 0 Å². The standard InChI is InChI=1S/C10H12O2/c1-10(7-11)9(12-10)8-5-3-2-4-6-8/h2-6,9,11H,7H2,1H3. The van der Waals surface area contributed by atoms with Crippen molar-refractivity contribution in [1.29, 1.82) is 0 Å². The summed E-state index contributed by atoms with van der Waals surface area (Å²) in [6.45, 7) is 2.01. The van der Waals surface area contributed by atoms with Crippen LogP contribution in [0.3, 0.4) is 0 Å². The summed E-state index contributed by atoms with van der Waals surface area (Å²) in [6.07, 6.45) is 0.0868. The predicted molar refractivity (Wildman–Crippen MR) is 45.8 cm³/mol. The van der Waals surface area contributed by atoms with E-state index in [1.54, 1.807) is 0 Å². The van der Waals surface area contributed by atoms with Crippen LogP contribution in [0.5, 0.6) is 0 Å². The summed E-state index contributed by atoms with van der Waals surface area (Å²) in [5, 5.41) is 8.97. The van der Waals surface area contributed by atoms with Crippen LogP contribution in [-0.4, -0.2) is 17.3 Å². The first-order valence-corrected chi connectivity index (χ1v) is 4.10. The molecular weight excluding hydrogens is 152 g/mol. The second-order valence-electron chi connectivity index (χ2n) is 3.38. The Morgan fingerprint density at radius 1 is 1.42 bits per heavy atom. The van der Waals surface area contributed by atoms with Crippen molar-refractivity contribution in [2.45, 2.75) is 18.6 Å². The molecule has 0 radical (unpaired) electrons. The number of rotatable bonds is 2. The predicted octanol–water partition coefficient (Wildman–Crippen LogP) is 1.51. The van der Waals surface area contributed by atoms with Crippen LogP contribution in [0.4, 0.5) is 0 Å². The normalized spacial score (nSPS) is 33.3. The van der Waals surface area contributed by atoms with Crippen LogP contribution in [-0.2, 0) is 4.74 Å². The van der Waals surface area contributed by atoms with Crippen molar-refractivity contribution in [2.24, 2.45) is 0 Å². The molecule has 2 rings (SSSR count). The Balaban J connectivity index is 2.16. The monoisotopic (exact) mass is 164 g/mol. The fourth-order valence-electron chi connectivity index (χ4n) is 1.40. The molecule has 2 unspecified atom stereocenters. The summed E-state index contributed by atoms with van der Waals surface area (Å²) in [4.78, 5) is 0. The van der Waals surface area contributed by atoms with E-state index in [0.29, 0.717) is 0 Å². The SMILES string of the molecule is CC1(CO)OC1c1ccccc1. The number of benzene rings is 1.